The zero-order valence-electron chi connectivity index (χ0n) is 12.9. The zero-order chi connectivity index (χ0) is 15.3. The van der Waals surface area contributed by atoms with E-state index in [9.17, 15) is 5.11 Å². The standard InChI is InChI=1S/C18H23N3O/c22-15-18(10-8-16-6-2-1-3-7-16)9-4-13-21(14-18)17-19-11-5-12-20-17/h1-3,5-7,11-12,22H,4,8-10,13-15H2/t18-/m0/s1. The van der Waals surface area contributed by atoms with Crippen molar-refractivity contribution in [1.82, 2.24) is 9.97 Å². The third-order valence-corrected chi connectivity index (χ3v) is 4.62. The van der Waals surface area contributed by atoms with Crippen LogP contribution in [0.5, 0.6) is 0 Å². The van der Waals surface area contributed by atoms with Gasteiger partial charge >= 0.3 is 0 Å². The van der Waals surface area contributed by atoms with E-state index in [2.05, 4.69) is 39.1 Å². The van der Waals surface area contributed by atoms with Gasteiger partial charge in [0.2, 0.25) is 5.95 Å². The number of rotatable bonds is 5. The molecule has 1 saturated heterocycles. The van der Waals surface area contributed by atoms with Gasteiger partial charge in [-0.15, -0.1) is 0 Å². The van der Waals surface area contributed by atoms with Crippen LogP contribution in [0.3, 0.4) is 0 Å². The summed E-state index contributed by atoms with van der Waals surface area (Å²) in [4.78, 5) is 10.9. The Morgan fingerprint density at radius 1 is 1.09 bits per heavy atom. The van der Waals surface area contributed by atoms with E-state index in [-0.39, 0.29) is 12.0 Å². The first-order chi connectivity index (χ1) is 10.8. The largest absolute Gasteiger partial charge is 0.396 e. The first-order valence-electron chi connectivity index (χ1n) is 7.98. The molecule has 2 heterocycles. The number of aliphatic hydroxyl groups is 1. The van der Waals surface area contributed by atoms with Crippen LogP contribution in [0.15, 0.2) is 48.8 Å². The molecule has 0 amide bonds. The van der Waals surface area contributed by atoms with Gasteiger partial charge in [0, 0.05) is 30.9 Å². The fraction of sp³-hybridized carbons (Fsp3) is 0.444. The number of hydrogen-bond acceptors (Lipinski definition) is 4. The Morgan fingerprint density at radius 2 is 1.86 bits per heavy atom. The minimum atomic E-state index is -0.0483. The van der Waals surface area contributed by atoms with E-state index < -0.39 is 0 Å². The van der Waals surface area contributed by atoms with E-state index in [1.54, 1.807) is 12.4 Å². The molecule has 1 aliphatic heterocycles. The summed E-state index contributed by atoms with van der Waals surface area (Å²) in [6.45, 7) is 2.03. The van der Waals surface area contributed by atoms with Crippen molar-refractivity contribution in [3.63, 3.8) is 0 Å². The molecule has 0 spiro atoms. The maximum atomic E-state index is 10.0. The number of benzene rings is 1. The van der Waals surface area contributed by atoms with Crippen molar-refractivity contribution in [2.24, 2.45) is 5.41 Å². The maximum Gasteiger partial charge on any atom is 0.225 e. The molecular formula is C18H23N3O. The molecule has 1 aromatic carbocycles. The highest BCUT2D eigenvalue weighted by atomic mass is 16.3. The average Bonchev–Trinajstić information content (AvgIpc) is 2.62. The van der Waals surface area contributed by atoms with Crippen LogP contribution in [-0.2, 0) is 6.42 Å². The maximum absolute atomic E-state index is 10.0. The molecule has 0 bridgehead atoms. The number of aliphatic hydroxyl groups excluding tert-OH is 1. The van der Waals surface area contributed by atoms with E-state index in [1.165, 1.54) is 5.56 Å². The second-order valence-electron chi connectivity index (χ2n) is 6.22. The van der Waals surface area contributed by atoms with Gasteiger partial charge in [0.15, 0.2) is 0 Å². The van der Waals surface area contributed by atoms with Crippen LogP contribution in [0, 0.1) is 5.41 Å². The summed E-state index contributed by atoms with van der Waals surface area (Å²) >= 11 is 0. The Balaban J connectivity index is 1.69. The third kappa shape index (κ3) is 3.45. The first kappa shape index (κ1) is 15.0. The predicted octanol–water partition coefficient (Wildman–Crippen LogP) is 2.69. The molecule has 0 unspecified atom stereocenters. The van der Waals surface area contributed by atoms with Gasteiger partial charge in [-0.3, -0.25) is 0 Å². The number of anilines is 1. The first-order valence-corrected chi connectivity index (χ1v) is 7.98. The highest BCUT2D eigenvalue weighted by molar-refractivity contribution is 5.30. The normalized spacial score (nSPS) is 21.8. The van der Waals surface area contributed by atoms with E-state index in [4.69, 9.17) is 0 Å². The molecule has 0 saturated carbocycles. The van der Waals surface area contributed by atoms with Gasteiger partial charge in [-0.05, 0) is 37.3 Å². The molecule has 1 fully saturated rings. The second-order valence-corrected chi connectivity index (χ2v) is 6.22. The molecule has 3 rings (SSSR count). The molecule has 22 heavy (non-hydrogen) atoms. The number of aryl methyl sites for hydroxylation is 1. The van der Waals surface area contributed by atoms with Crippen molar-refractivity contribution in [1.29, 1.82) is 0 Å². The summed E-state index contributed by atoms with van der Waals surface area (Å²) in [6, 6.07) is 12.3. The van der Waals surface area contributed by atoms with Crippen molar-refractivity contribution in [2.45, 2.75) is 25.7 Å². The predicted molar refractivity (Wildman–Crippen MR) is 87.8 cm³/mol. The summed E-state index contributed by atoms with van der Waals surface area (Å²) < 4.78 is 0. The minimum absolute atomic E-state index is 0.0483. The third-order valence-electron chi connectivity index (χ3n) is 4.62. The highest BCUT2D eigenvalue weighted by Crippen LogP contribution is 2.35. The topological polar surface area (TPSA) is 49.2 Å². The monoisotopic (exact) mass is 297 g/mol. The molecule has 1 N–H and O–H groups in total. The number of hydrogen-bond donors (Lipinski definition) is 1. The fourth-order valence-electron chi connectivity index (χ4n) is 3.30. The molecule has 116 valence electrons. The van der Waals surface area contributed by atoms with Crippen LogP contribution in [-0.4, -0.2) is 34.8 Å². The van der Waals surface area contributed by atoms with Crippen LogP contribution in [0.4, 0.5) is 5.95 Å². The molecule has 0 aliphatic carbocycles. The number of aromatic nitrogens is 2. The highest BCUT2D eigenvalue weighted by Gasteiger charge is 2.35. The van der Waals surface area contributed by atoms with Crippen LogP contribution in [0.2, 0.25) is 0 Å². The van der Waals surface area contributed by atoms with Crippen LogP contribution >= 0.6 is 0 Å². The molecule has 2 aromatic rings. The van der Waals surface area contributed by atoms with Crippen molar-refractivity contribution in [3.8, 4) is 0 Å². The molecular weight excluding hydrogens is 274 g/mol. The van der Waals surface area contributed by atoms with Gasteiger partial charge in [-0.25, -0.2) is 9.97 Å². The molecule has 4 heteroatoms. The molecule has 0 radical (unpaired) electrons. The van der Waals surface area contributed by atoms with E-state index >= 15 is 0 Å². The summed E-state index contributed by atoms with van der Waals surface area (Å²) in [5.41, 5.74) is 1.29. The number of nitrogens with zero attached hydrogens (tertiary/aromatic N) is 3. The number of piperidine rings is 1. The van der Waals surface area contributed by atoms with Gasteiger partial charge in [-0.2, -0.15) is 0 Å². The van der Waals surface area contributed by atoms with E-state index in [0.717, 1.165) is 44.7 Å². The van der Waals surface area contributed by atoms with Gasteiger partial charge < -0.3 is 10.0 Å². The summed E-state index contributed by atoms with van der Waals surface area (Å²) in [7, 11) is 0. The zero-order valence-corrected chi connectivity index (χ0v) is 12.9. The Kier molecular flexibility index (Phi) is 4.68. The van der Waals surface area contributed by atoms with Crippen molar-refractivity contribution >= 4 is 5.95 Å². The molecule has 4 nitrogen and oxygen atoms in total. The van der Waals surface area contributed by atoms with Crippen molar-refractivity contribution in [3.05, 3.63) is 54.4 Å². The Bertz CT molecular complexity index is 575. The lowest BCUT2D eigenvalue weighted by Gasteiger charge is -2.42. The summed E-state index contributed by atoms with van der Waals surface area (Å²) in [5, 5.41) is 10.0. The van der Waals surface area contributed by atoms with Gasteiger partial charge in [0.05, 0.1) is 6.61 Å². The van der Waals surface area contributed by atoms with Crippen molar-refractivity contribution < 1.29 is 5.11 Å². The lowest BCUT2D eigenvalue weighted by molar-refractivity contribution is 0.0960. The molecule has 1 aliphatic rings. The fourth-order valence-corrected chi connectivity index (χ4v) is 3.30. The molecule has 1 atom stereocenters. The van der Waals surface area contributed by atoms with Gasteiger partial charge in [-0.1, -0.05) is 30.3 Å². The van der Waals surface area contributed by atoms with E-state index in [1.807, 2.05) is 12.1 Å². The smallest absolute Gasteiger partial charge is 0.225 e. The van der Waals surface area contributed by atoms with Crippen LogP contribution in [0.1, 0.15) is 24.8 Å². The lowest BCUT2D eigenvalue weighted by Crippen LogP contribution is -2.46. The van der Waals surface area contributed by atoms with Gasteiger partial charge in [0.25, 0.3) is 0 Å². The second kappa shape index (κ2) is 6.88. The van der Waals surface area contributed by atoms with E-state index in [0.29, 0.717) is 0 Å². The van der Waals surface area contributed by atoms with Crippen LogP contribution < -0.4 is 4.90 Å². The van der Waals surface area contributed by atoms with Gasteiger partial charge in [0.1, 0.15) is 0 Å². The lowest BCUT2D eigenvalue weighted by atomic mass is 9.76. The van der Waals surface area contributed by atoms with Crippen molar-refractivity contribution in [2.75, 3.05) is 24.6 Å². The quantitative estimate of drug-likeness (QED) is 0.922. The Labute approximate surface area is 131 Å². The minimum Gasteiger partial charge on any atom is -0.396 e. The summed E-state index contributed by atoms with van der Waals surface area (Å²) in [6.07, 6.45) is 7.71. The molecule has 1 aromatic heterocycles. The average molecular weight is 297 g/mol. The SMILES string of the molecule is OC[C@]1(CCc2ccccc2)CCCN(c2ncccn2)C1. The van der Waals surface area contributed by atoms with Crippen LogP contribution in [0.25, 0.3) is 0 Å². The Hall–Kier alpha value is -1.94. The Morgan fingerprint density at radius 3 is 2.59 bits per heavy atom. The summed E-state index contributed by atoms with van der Waals surface area (Å²) in [5.74, 6) is 0.778.